The summed E-state index contributed by atoms with van der Waals surface area (Å²) in [4.78, 5) is 6.55. The minimum Gasteiger partial charge on any atom is -0.409 e. The Morgan fingerprint density at radius 2 is 2.19 bits per heavy atom. The summed E-state index contributed by atoms with van der Waals surface area (Å²) in [6.45, 7) is 3.66. The number of rotatable bonds is 5. The molecule has 2 rings (SSSR count). The van der Waals surface area contributed by atoms with Crippen LogP contribution in [0.4, 0.5) is 5.69 Å². The fraction of sp³-hybridized carbons (Fsp3) is 0.200. The van der Waals surface area contributed by atoms with E-state index in [4.69, 9.17) is 10.9 Å². The summed E-state index contributed by atoms with van der Waals surface area (Å²) in [5.41, 5.74) is 8.32. The molecule has 0 fully saturated rings. The molecule has 0 saturated carbocycles. The molecule has 0 radical (unpaired) electrons. The number of pyridine rings is 1. The first kappa shape index (κ1) is 15.3. The highest BCUT2D eigenvalue weighted by Gasteiger charge is 2.11. The molecule has 1 aromatic carbocycles. The van der Waals surface area contributed by atoms with Crippen molar-refractivity contribution in [3.05, 3.63) is 58.3 Å². The first-order valence-electron chi connectivity index (χ1n) is 6.58. The Bertz CT molecular complexity index is 631. The summed E-state index contributed by atoms with van der Waals surface area (Å²) in [6, 6.07) is 11.5. The van der Waals surface area contributed by atoms with Crippen molar-refractivity contribution in [2.24, 2.45) is 10.9 Å². The van der Waals surface area contributed by atoms with Gasteiger partial charge in [0.1, 0.15) is 0 Å². The van der Waals surface area contributed by atoms with Crippen molar-refractivity contribution in [3.63, 3.8) is 0 Å². The fourth-order valence-electron chi connectivity index (χ4n) is 2.03. The van der Waals surface area contributed by atoms with Gasteiger partial charge >= 0.3 is 0 Å². The van der Waals surface area contributed by atoms with E-state index in [1.807, 2.05) is 36.4 Å². The predicted molar refractivity (Wildman–Crippen MR) is 87.6 cm³/mol. The molecule has 0 saturated heterocycles. The molecule has 0 aliphatic carbocycles. The number of nitrogens with two attached hydrogens (primary N) is 1. The van der Waals surface area contributed by atoms with E-state index in [-0.39, 0.29) is 5.84 Å². The van der Waals surface area contributed by atoms with Gasteiger partial charge in [0.2, 0.25) is 0 Å². The van der Waals surface area contributed by atoms with Crippen LogP contribution in [0, 0.1) is 0 Å². The van der Waals surface area contributed by atoms with E-state index in [9.17, 15) is 0 Å². The summed E-state index contributed by atoms with van der Waals surface area (Å²) in [7, 11) is 0. The summed E-state index contributed by atoms with van der Waals surface area (Å²) in [5.74, 6) is 0.0926. The maximum Gasteiger partial charge on any atom is 0.170 e. The summed E-state index contributed by atoms with van der Waals surface area (Å²) < 4.78 is 0.893. The van der Waals surface area contributed by atoms with Gasteiger partial charge in [-0.3, -0.25) is 4.98 Å². The number of anilines is 1. The number of halogens is 1. The van der Waals surface area contributed by atoms with Crippen LogP contribution in [-0.4, -0.2) is 22.6 Å². The molecule has 0 bridgehead atoms. The quantitative estimate of drug-likeness (QED) is 0.377. The molecular weight excluding hydrogens is 332 g/mol. The minimum atomic E-state index is 0.0926. The molecule has 0 amide bonds. The zero-order chi connectivity index (χ0) is 15.2. The summed E-state index contributed by atoms with van der Waals surface area (Å²) >= 11 is 3.55. The molecule has 0 aliphatic rings. The Hall–Kier alpha value is -2.08. The molecule has 5 nitrogen and oxygen atoms in total. The van der Waals surface area contributed by atoms with Gasteiger partial charge in [-0.2, -0.15) is 0 Å². The molecular formula is C15H17BrN4O. The van der Waals surface area contributed by atoms with Gasteiger partial charge in [-0.1, -0.05) is 11.2 Å². The van der Waals surface area contributed by atoms with Crippen LogP contribution in [0.15, 0.2) is 52.2 Å². The standard InChI is InChI=1S/C15H17BrN4O/c1-2-20(10-12-5-3-4-8-18-12)14-7-6-11(9-13(14)16)15(17)19-21/h3-9,21H,2,10H2,1H3,(H2,17,19). The van der Waals surface area contributed by atoms with Crippen molar-refractivity contribution in [2.75, 3.05) is 11.4 Å². The van der Waals surface area contributed by atoms with E-state index in [2.05, 4.69) is 37.9 Å². The van der Waals surface area contributed by atoms with Crippen molar-refractivity contribution in [3.8, 4) is 0 Å². The molecule has 0 atom stereocenters. The summed E-state index contributed by atoms with van der Waals surface area (Å²) in [6.07, 6.45) is 1.79. The third-order valence-corrected chi connectivity index (χ3v) is 3.79. The van der Waals surface area contributed by atoms with Crippen molar-refractivity contribution in [1.82, 2.24) is 4.98 Å². The number of hydrogen-bond donors (Lipinski definition) is 2. The average molecular weight is 349 g/mol. The summed E-state index contributed by atoms with van der Waals surface area (Å²) in [5, 5.41) is 11.7. The third kappa shape index (κ3) is 3.72. The lowest BCUT2D eigenvalue weighted by atomic mass is 10.1. The van der Waals surface area contributed by atoms with Gasteiger partial charge in [-0.25, -0.2) is 0 Å². The van der Waals surface area contributed by atoms with Crippen molar-refractivity contribution in [2.45, 2.75) is 13.5 Å². The van der Waals surface area contributed by atoms with Crippen LogP contribution in [0.3, 0.4) is 0 Å². The number of hydrogen-bond acceptors (Lipinski definition) is 4. The maximum absolute atomic E-state index is 8.73. The van der Waals surface area contributed by atoms with Crippen LogP contribution in [0.5, 0.6) is 0 Å². The highest BCUT2D eigenvalue weighted by Crippen LogP contribution is 2.28. The van der Waals surface area contributed by atoms with Gasteiger partial charge in [-0.05, 0) is 53.2 Å². The third-order valence-electron chi connectivity index (χ3n) is 3.15. The van der Waals surface area contributed by atoms with Gasteiger partial charge in [0.05, 0.1) is 17.9 Å². The molecule has 21 heavy (non-hydrogen) atoms. The molecule has 3 N–H and O–H groups in total. The van der Waals surface area contributed by atoms with Gasteiger partial charge in [0, 0.05) is 22.8 Å². The second-order valence-corrected chi connectivity index (χ2v) is 5.34. The Morgan fingerprint density at radius 1 is 1.38 bits per heavy atom. The van der Waals surface area contributed by atoms with Gasteiger partial charge in [-0.15, -0.1) is 0 Å². The zero-order valence-electron chi connectivity index (χ0n) is 11.7. The topological polar surface area (TPSA) is 74.7 Å². The smallest absolute Gasteiger partial charge is 0.170 e. The van der Waals surface area contributed by atoms with Gasteiger partial charge in [0.25, 0.3) is 0 Å². The molecule has 0 spiro atoms. The average Bonchev–Trinajstić information content (AvgIpc) is 2.53. The normalized spacial score (nSPS) is 11.4. The van der Waals surface area contributed by atoms with Crippen LogP contribution in [0.1, 0.15) is 18.2 Å². The number of amidine groups is 1. The number of aromatic nitrogens is 1. The van der Waals surface area contributed by atoms with Crippen LogP contribution in [-0.2, 0) is 6.54 Å². The molecule has 0 aliphatic heterocycles. The second kappa shape index (κ2) is 7.08. The first-order chi connectivity index (χ1) is 10.2. The van der Waals surface area contributed by atoms with E-state index in [0.717, 1.165) is 28.9 Å². The van der Waals surface area contributed by atoms with Gasteiger partial charge in [0.15, 0.2) is 5.84 Å². The molecule has 110 valence electrons. The highest BCUT2D eigenvalue weighted by molar-refractivity contribution is 9.10. The monoisotopic (exact) mass is 348 g/mol. The van der Waals surface area contributed by atoms with E-state index in [1.54, 1.807) is 6.20 Å². The van der Waals surface area contributed by atoms with Crippen molar-refractivity contribution in [1.29, 1.82) is 0 Å². The Labute approximate surface area is 132 Å². The highest BCUT2D eigenvalue weighted by atomic mass is 79.9. The number of oxime groups is 1. The number of nitrogens with zero attached hydrogens (tertiary/aromatic N) is 3. The first-order valence-corrected chi connectivity index (χ1v) is 7.37. The zero-order valence-corrected chi connectivity index (χ0v) is 13.3. The van der Waals surface area contributed by atoms with E-state index >= 15 is 0 Å². The lowest BCUT2D eigenvalue weighted by Gasteiger charge is -2.24. The molecule has 0 unspecified atom stereocenters. The van der Waals surface area contributed by atoms with Crippen LogP contribution in [0.2, 0.25) is 0 Å². The Morgan fingerprint density at radius 3 is 2.76 bits per heavy atom. The SMILES string of the molecule is CCN(Cc1ccccn1)c1ccc(/C(N)=N/O)cc1Br. The van der Waals surface area contributed by atoms with Crippen molar-refractivity contribution >= 4 is 27.5 Å². The van der Waals surface area contributed by atoms with Gasteiger partial charge < -0.3 is 15.8 Å². The predicted octanol–water partition coefficient (Wildman–Crippen LogP) is 2.97. The lowest BCUT2D eigenvalue weighted by molar-refractivity contribution is 0.318. The molecule has 1 aromatic heterocycles. The lowest BCUT2D eigenvalue weighted by Crippen LogP contribution is -2.23. The van der Waals surface area contributed by atoms with E-state index < -0.39 is 0 Å². The number of benzene rings is 1. The van der Waals surface area contributed by atoms with Crippen LogP contribution >= 0.6 is 15.9 Å². The Kier molecular flexibility index (Phi) is 5.16. The second-order valence-electron chi connectivity index (χ2n) is 4.49. The van der Waals surface area contributed by atoms with Crippen LogP contribution in [0.25, 0.3) is 0 Å². The fourth-order valence-corrected chi connectivity index (χ4v) is 2.66. The van der Waals surface area contributed by atoms with E-state index in [0.29, 0.717) is 5.56 Å². The van der Waals surface area contributed by atoms with Crippen molar-refractivity contribution < 1.29 is 5.21 Å². The maximum atomic E-state index is 8.73. The van der Waals surface area contributed by atoms with E-state index in [1.165, 1.54) is 0 Å². The molecule has 1 heterocycles. The molecule has 6 heteroatoms. The van der Waals surface area contributed by atoms with Crippen LogP contribution < -0.4 is 10.6 Å². The largest absolute Gasteiger partial charge is 0.409 e. The molecule has 2 aromatic rings. The minimum absolute atomic E-state index is 0.0926. The Balaban J connectivity index is 2.26.